The number of nitrogens with one attached hydrogen (secondary N) is 1. The molecule has 0 spiro atoms. The van der Waals surface area contributed by atoms with E-state index in [9.17, 15) is 4.79 Å². The van der Waals surface area contributed by atoms with Gasteiger partial charge >= 0.3 is 0 Å². The zero-order valence-electron chi connectivity index (χ0n) is 18.6. The molecule has 2 aromatic carbocycles. The van der Waals surface area contributed by atoms with E-state index in [1.807, 2.05) is 54.1 Å². The smallest absolute Gasteiger partial charge is 0.229 e. The van der Waals surface area contributed by atoms with E-state index in [4.69, 9.17) is 16.7 Å². The van der Waals surface area contributed by atoms with Gasteiger partial charge in [-0.05, 0) is 57.0 Å². The van der Waals surface area contributed by atoms with Crippen LogP contribution >= 0.6 is 11.6 Å². The van der Waals surface area contributed by atoms with Gasteiger partial charge in [-0.15, -0.1) is 5.10 Å². The lowest BCUT2D eigenvalue weighted by Crippen LogP contribution is -2.41. The summed E-state index contributed by atoms with van der Waals surface area (Å²) in [7, 11) is 0. The first-order chi connectivity index (χ1) is 16.0. The Balaban J connectivity index is 1.45. The van der Waals surface area contributed by atoms with Gasteiger partial charge in [-0.25, -0.2) is 4.68 Å². The molecule has 1 aliphatic heterocycles. The molecule has 7 nitrogen and oxygen atoms in total. The number of fused-ring (bicyclic) bond motifs is 1. The van der Waals surface area contributed by atoms with Crippen LogP contribution in [-0.4, -0.2) is 39.0 Å². The molecule has 0 aliphatic carbocycles. The second kappa shape index (κ2) is 8.83. The number of carbonyl (C=O) groups is 1. The Kier molecular flexibility index (Phi) is 5.72. The van der Waals surface area contributed by atoms with Crippen molar-refractivity contribution in [1.82, 2.24) is 20.0 Å². The van der Waals surface area contributed by atoms with Crippen molar-refractivity contribution in [1.29, 1.82) is 0 Å². The van der Waals surface area contributed by atoms with E-state index in [1.54, 1.807) is 12.1 Å². The first-order valence-electron chi connectivity index (χ1n) is 11.1. The summed E-state index contributed by atoms with van der Waals surface area (Å²) in [6, 6.07) is 17.3. The molecule has 1 aliphatic rings. The van der Waals surface area contributed by atoms with Crippen molar-refractivity contribution in [2.24, 2.45) is 5.92 Å². The fourth-order valence-electron chi connectivity index (χ4n) is 4.54. The highest BCUT2D eigenvalue weighted by Crippen LogP contribution is 2.32. The van der Waals surface area contributed by atoms with Gasteiger partial charge < -0.3 is 10.2 Å². The number of carbonyl (C=O) groups excluding carboxylic acids is 1. The van der Waals surface area contributed by atoms with Crippen LogP contribution in [-0.2, 0) is 4.79 Å². The summed E-state index contributed by atoms with van der Waals surface area (Å²) >= 11 is 6.06. The molecular formula is C25H25ClN6O. The molecule has 4 aromatic rings. The van der Waals surface area contributed by atoms with Crippen molar-refractivity contribution in [3.05, 3.63) is 71.0 Å². The predicted molar refractivity (Wildman–Crippen MR) is 131 cm³/mol. The average Bonchev–Trinajstić information content (AvgIpc) is 3.18. The van der Waals surface area contributed by atoms with Gasteiger partial charge in [0.05, 0.1) is 28.4 Å². The van der Waals surface area contributed by atoms with Gasteiger partial charge in [-0.3, -0.25) is 4.79 Å². The molecule has 1 fully saturated rings. The summed E-state index contributed by atoms with van der Waals surface area (Å²) in [5, 5.41) is 18.5. The fourth-order valence-corrected chi connectivity index (χ4v) is 4.73. The van der Waals surface area contributed by atoms with Gasteiger partial charge in [0.15, 0.2) is 5.82 Å². The number of anilines is 2. The number of aromatic nitrogens is 4. The molecular weight excluding hydrogens is 436 g/mol. The van der Waals surface area contributed by atoms with Crippen LogP contribution in [0, 0.1) is 19.8 Å². The van der Waals surface area contributed by atoms with Crippen LogP contribution in [0.5, 0.6) is 0 Å². The minimum absolute atomic E-state index is 0.00993. The standard InChI is InChI=1S/C25H25ClN6O/c1-16-22-17(2)32(21-11-4-3-5-12-21)30-23(22)24(29-28-16)31-13-7-8-18(15-31)25(33)27-20-10-6-9-19(26)14-20/h3-6,9-12,14,18H,7-8,13,15H2,1-2H3,(H,27,33)/t18-/m1/s1. The van der Waals surface area contributed by atoms with Crippen molar-refractivity contribution in [3.8, 4) is 5.69 Å². The minimum atomic E-state index is -0.159. The molecule has 1 atom stereocenters. The number of benzene rings is 2. The number of aryl methyl sites for hydroxylation is 2. The van der Waals surface area contributed by atoms with Crippen molar-refractivity contribution in [2.75, 3.05) is 23.3 Å². The van der Waals surface area contributed by atoms with Gasteiger partial charge in [0.2, 0.25) is 5.91 Å². The molecule has 33 heavy (non-hydrogen) atoms. The third-order valence-electron chi connectivity index (χ3n) is 6.17. The first kappa shape index (κ1) is 21.4. The largest absolute Gasteiger partial charge is 0.352 e. The van der Waals surface area contributed by atoms with E-state index in [0.29, 0.717) is 17.3 Å². The summed E-state index contributed by atoms with van der Waals surface area (Å²) in [5.41, 5.74) is 4.39. The second-order valence-electron chi connectivity index (χ2n) is 8.45. The Morgan fingerprint density at radius 3 is 2.70 bits per heavy atom. The Morgan fingerprint density at radius 2 is 1.91 bits per heavy atom. The highest BCUT2D eigenvalue weighted by atomic mass is 35.5. The highest BCUT2D eigenvalue weighted by molar-refractivity contribution is 6.30. The van der Waals surface area contributed by atoms with E-state index >= 15 is 0 Å². The van der Waals surface area contributed by atoms with E-state index < -0.39 is 0 Å². The van der Waals surface area contributed by atoms with Crippen LogP contribution in [0.15, 0.2) is 54.6 Å². The zero-order chi connectivity index (χ0) is 22.9. The Hall–Kier alpha value is -3.45. The van der Waals surface area contributed by atoms with Crippen molar-refractivity contribution in [2.45, 2.75) is 26.7 Å². The van der Waals surface area contributed by atoms with Crippen LogP contribution < -0.4 is 10.2 Å². The molecule has 5 rings (SSSR count). The maximum absolute atomic E-state index is 13.0. The number of para-hydroxylation sites is 1. The summed E-state index contributed by atoms with van der Waals surface area (Å²) in [5.74, 6) is 0.561. The second-order valence-corrected chi connectivity index (χ2v) is 8.89. The van der Waals surface area contributed by atoms with E-state index in [1.165, 1.54) is 0 Å². The number of halogens is 1. The normalized spacial score (nSPS) is 16.2. The van der Waals surface area contributed by atoms with E-state index in [2.05, 4.69) is 27.3 Å². The van der Waals surface area contributed by atoms with Gasteiger partial charge in [0.1, 0.15) is 5.52 Å². The van der Waals surface area contributed by atoms with Crippen LogP contribution in [0.1, 0.15) is 24.2 Å². The topological polar surface area (TPSA) is 75.9 Å². The summed E-state index contributed by atoms with van der Waals surface area (Å²) in [6.07, 6.45) is 1.71. The highest BCUT2D eigenvalue weighted by Gasteiger charge is 2.29. The maximum Gasteiger partial charge on any atom is 0.229 e. The number of hydrogen-bond acceptors (Lipinski definition) is 5. The molecule has 2 aromatic heterocycles. The average molecular weight is 461 g/mol. The SMILES string of the molecule is Cc1nnc(N2CCC[C@@H](C(=O)Nc3cccc(Cl)c3)C2)c2nn(-c3ccccc3)c(C)c12. The van der Waals surface area contributed by atoms with Gasteiger partial charge in [0.25, 0.3) is 0 Å². The van der Waals surface area contributed by atoms with Crippen LogP contribution in [0.2, 0.25) is 5.02 Å². The van der Waals surface area contributed by atoms with Crippen molar-refractivity contribution in [3.63, 3.8) is 0 Å². The molecule has 8 heteroatoms. The quantitative estimate of drug-likeness (QED) is 0.466. The zero-order valence-corrected chi connectivity index (χ0v) is 19.4. The lowest BCUT2D eigenvalue weighted by atomic mass is 9.97. The van der Waals surface area contributed by atoms with Gasteiger partial charge in [-0.1, -0.05) is 35.9 Å². The molecule has 1 N–H and O–H groups in total. The van der Waals surface area contributed by atoms with Crippen LogP contribution in [0.3, 0.4) is 0 Å². The molecule has 3 heterocycles. The molecule has 0 unspecified atom stereocenters. The van der Waals surface area contributed by atoms with Gasteiger partial charge in [0, 0.05) is 23.8 Å². The van der Waals surface area contributed by atoms with Crippen LogP contribution in [0.25, 0.3) is 16.6 Å². The van der Waals surface area contributed by atoms with E-state index in [-0.39, 0.29) is 11.8 Å². The Labute approximate surface area is 197 Å². The summed E-state index contributed by atoms with van der Waals surface area (Å²) in [6.45, 7) is 5.39. The molecule has 0 bridgehead atoms. The van der Waals surface area contributed by atoms with Crippen molar-refractivity contribution >= 4 is 39.9 Å². The third-order valence-corrected chi connectivity index (χ3v) is 6.40. The Bertz CT molecular complexity index is 1320. The minimum Gasteiger partial charge on any atom is -0.352 e. The van der Waals surface area contributed by atoms with Crippen LogP contribution in [0.4, 0.5) is 11.5 Å². The molecule has 168 valence electrons. The number of piperidine rings is 1. The predicted octanol–water partition coefficient (Wildman–Crippen LogP) is 4.94. The maximum atomic E-state index is 13.0. The molecule has 1 saturated heterocycles. The summed E-state index contributed by atoms with van der Waals surface area (Å²) < 4.78 is 1.94. The number of nitrogens with zero attached hydrogens (tertiary/aromatic N) is 5. The molecule has 0 radical (unpaired) electrons. The number of hydrogen-bond donors (Lipinski definition) is 1. The first-order valence-corrected chi connectivity index (χ1v) is 11.5. The fraction of sp³-hybridized carbons (Fsp3) is 0.280. The van der Waals surface area contributed by atoms with E-state index in [0.717, 1.165) is 53.2 Å². The van der Waals surface area contributed by atoms with Crippen molar-refractivity contribution < 1.29 is 4.79 Å². The summed E-state index contributed by atoms with van der Waals surface area (Å²) in [4.78, 5) is 15.1. The number of rotatable bonds is 4. The number of amides is 1. The monoisotopic (exact) mass is 460 g/mol. The lowest BCUT2D eigenvalue weighted by Gasteiger charge is -2.32. The lowest BCUT2D eigenvalue weighted by molar-refractivity contribution is -0.120. The Morgan fingerprint density at radius 1 is 1.09 bits per heavy atom. The van der Waals surface area contributed by atoms with Gasteiger partial charge in [-0.2, -0.15) is 10.2 Å². The molecule has 1 amide bonds. The third kappa shape index (κ3) is 4.16. The molecule has 0 saturated carbocycles.